The van der Waals surface area contributed by atoms with Gasteiger partial charge in [0, 0.05) is 37.3 Å². The molecular formula is C18H25N5O. The topological polar surface area (TPSA) is 87.0 Å². The molecule has 1 aliphatic rings. The molecule has 1 amide bonds. The normalized spacial score (nSPS) is 21.2. The van der Waals surface area contributed by atoms with Gasteiger partial charge >= 0.3 is 0 Å². The third kappa shape index (κ3) is 3.20. The average molecular weight is 327 g/mol. The van der Waals surface area contributed by atoms with Gasteiger partial charge in [-0.2, -0.15) is 5.10 Å². The number of nitrogens with zero attached hydrogens (tertiary/aromatic N) is 2. The summed E-state index contributed by atoms with van der Waals surface area (Å²) < 4.78 is 0. The molecule has 2 aromatic rings. The van der Waals surface area contributed by atoms with Gasteiger partial charge in [0.1, 0.15) is 0 Å². The molecule has 1 aliphatic heterocycles. The summed E-state index contributed by atoms with van der Waals surface area (Å²) in [6.45, 7) is 5.55. The molecule has 1 aromatic heterocycles. The van der Waals surface area contributed by atoms with Gasteiger partial charge in [0.2, 0.25) is 5.91 Å². The van der Waals surface area contributed by atoms with Crippen molar-refractivity contribution < 1.29 is 4.79 Å². The number of likely N-dealkylation sites (tertiary alicyclic amines) is 1. The fraction of sp³-hybridized carbons (Fsp3) is 0.444. The highest BCUT2D eigenvalue weighted by Crippen LogP contribution is 2.28. The first-order chi connectivity index (χ1) is 11.5. The summed E-state index contributed by atoms with van der Waals surface area (Å²) in [6.07, 6.45) is 2.54. The number of nitrogens with one attached hydrogen (secondary N) is 2. The molecule has 2 heterocycles. The number of hydrogen-bond acceptors (Lipinski definition) is 4. The lowest BCUT2D eigenvalue weighted by Crippen LogP contribution is -2.41. The van der Waals surface area contributed by atoms with Crippen molar-refractivity contribution in [3.8, 4) is 11.3 Å². The minimum atomic E-state index is -0.175. The van der Waals surface area contributed by atoms with Gasteiger partial charge in [-0.05, 0) is 31.9 Å². The summed E-state index contributed by atoms with van der Waals surface area (Å²) in [6, 6.07) is 6.25. The van der Waals surface area contributed by atoms with Crippen molar-refractivity contribution in [1.29, 1.82) is 0 Å². The molecule has 3 rings (SSSR count). The molecule has 1 aromatic carbocycles. The summed E-state index contributed by atoms with van der Waals surface area (Å²) in [5.74, 6) is 0.0275. The van der Waals surface area contributed by atoms with E-state index in [1.807, 2.05) is 6.20 Å². The predicted octanol–water partition coefficient (Wildman–Crippen LogP) is 1.34. The van der Waals surface area contributed by atoms with Gasteiger partial charge in [0.15, 0.2) is 0 Å². The van der Waals surface area contributed by atoms with E-state index in [1.54, 1.807) is 7.05 Å². The SMILES string of the molecule is CNC(=O)[C@@H]1C[C@H](N)CN1Cc1cn[nH]c1-c1cc(C)ccc1C. The van der Waals surface area contributed by atoms with Gasteiger partial charge in [0.05, 0.1) is 17.9 Å². The van der Waals surface area contributed by atoms with Crippen LogP contribution in [-0.4, -0.2) is 46.7 Å². The summed E-state index contributed by atoms with van der Waals surface area (Å²) >= 11 is 0. The van der Waals surface area contributed by atoms with E-state index in [1.165, 1.54) is 11.1 Å². The van der Waals surface area contributed by atoms with Crippen LogP contribution in [0.5, 0.6) is 0 Å². The minimum absolute atomic E-state index is 0.0275. The number of carbonyl (C=O) groups excluding carboxylic acids is 1. The number of amides is 1. The lowest BCUT2D eigenvalue weighted by molar-refractivity contribution is -0.125. The number of hydrogen-bond donors (Lipinski definition) is 3. The van der Waals surface area contributed by atoms with Crippen molar-refractivity contribution in [2.45, 2.75) is 38.9 Å². The minimum Gasteiger partial charge on any atom is -0.358 e. The van der Waals surface area contributed by atoms with E-state index in [0.29, 0.717) is 13.0 Å². The Balaban J connectivity index is 1.88. The van der Waals surface area contributed by atoms with Crippen LogP contribution in [0.15, 0.2) is 24.4 Å². The lowest BCUT2D eigenvalue weighted by Gasteiger charge is -2.23. The second-order valence-electron chi connectivity index (χ2n) is 6.64. The summed E-state index contributed by atoms with van der Waals surface area (Å²) in [4.78, 5) is 14.3. The molecule has 6 nitrogen and oxygen atoms in total. The first-order valence-corrected chi connectivity index (χ1v) is 8.30. The number of H-pyrrole nitrogens is 1. The highest BCUT2D eigenvalue weighted by molar-refractivity contribution is 5.82. The zero-order valence-corrected chi connectivity index (χ0v) is 14.5. The molecule has 1 fully saturated rings. The predicted molar refractivity (Wildman–Crippen MR) is 94.4 cm³/mol. The number of benzene rings is 1. The standard InChI is InChI=1S/C18H25N5O/c1-11-4-5-12(2)15(6-11)17-13(8-21-22-17)9-23-10-14(19)7-16(23)18(24)20-3/h4-6,8,14,16H,7,9-10,19H2,1-3H3,(H,20,24)(H,21,22)/t14-,16-/m0/s1. The van der Waals surface area contributed by atoms with Crippen molar-refractivity contribution in [2.24, 2.45) is 5.73 Å². The zero-order chi connectivity index (χ0) is 17.3. The molecule has 6 heteroatoms. The van der Waals surface area contributed by atoms with Crippen LogP contribution in [0.3, 0.4) is 0 Å². The summed E-state index contributed by atoms with van der Waals surface area (Å²) in [7, 11) is 1.67. The lowest BCUT2D eigenvalue weighted by atomic mass is 10.00. The van der Waals surface area contributed by atoms with Crippen LogP contribution in [0.25, 0.3) is 11.3 Å². The Hall–Kier alpha value is -2.18. The van der Waals surface area contributed by atoms with Crippen molar-refractivity contribution >= 4 is 5.91 Å². The average Bonchev–Trinajstić information content (AvgIpc) is 3.16. The maximum Gasteiger partial charge on any atom is 0.237 e. The summed E-state index contributed by atoms with van der Waals surface area (Å²) in [5, 5.41) is 10.1. The highest BCUT2D eigenvalue weighted by atomic mass is 16.2. The first-order valence-electron chi connectivity index (χ1n) is 8.30. The van der Waals surface area contributed by atoms with Gasteiger partial charge in [-0.1, -0.05) is 17.7 Å². The Morgan fingerprint density at radius 2 is 2.25 bits per heavy atom. The molecule has 0 spiro atoms. The van der Waals surface area contributed by atoms with Crippen LogP contribution in [0.2, 0.25) is 0 Å². The fourth-order valence-corrected chi connectivity index (χ4v) is 3.44. The van der Waals surface area contributed by atoms with Crippen LogP contribution in [0.4, 0.5) is 0 Å². The van der Waals surface area contributed by atoms with Crippen LogP contribution in [0.1, 0.15) is 23.1 Å². The van der Waals surface area contributed by atoms with Gasteiger partial charge in [-0.3, -0.25) is 14.8 Å². The van der Waals surface area contributed by atoms with Gasteiger partial charge in [-0.25, -0.2) is 0 Å². The first kappa shape index (κ1) is 16.7. The highest BCUT2D eigenvalue weighted by Gasteiger charge is 2.35. The van der Waals surface area contributed by atoms with Crippen LogP contribution in [-0.2, 0) is 11.3 Å². The molecule has 0 radical (unpaired) electrons. The third-order valence-electron chi connectivity index (χ3n) is 4.74. The number of nitrogens with two attached hydrogens (primary N) is 1. The Kier molecular flexibility index (Phi) is 4.69. The molecular weight excluding hydrogens is 302 g/mol. The molecule has 0 aliphatic carbocycles. The Morgan fingerprint density at radius 3 is 3.00 bits per heavy atom. The van der Waals surface area contributed by atoms with E-state index in [4.69, 9.17) is 5.73 Å². The summed E-state index contributed by atoms with van der Waals surface area (Å²) in [5.41, 5.74) is 11.8. The molecule has 0 unspecified atom stereocenters. The molecule has 24 heavy (non-hydrogen) atoms. The molecule has 128 valence electrons. The number of aromatic amines is 1. The molecule has 4 N–H and O–H groups in total. The van der Waals surface area contributed by atoms with E-state index < -0.39 is 0 Å². The van der Waals surface area contributed by atoms with Crippen molar-refractivity contribution in [1.82, 2.24) is 20.4 Å². The number of likely N-dealkylation sites (N-methyl/N-ethyl adjacent to an activating group) is 1. The van der Waals surface area contributed by atoms with E-state index in [0.717, 1.165) is 23.4 Å². The number of aromatic nitrogens is 2. The van der Waals surface area contributed by atoms with Gasteiger partial charge in [0.25, 0.3) is 0 Å². The third-order valence-corrected chi connectivity index (χ3v) is 4.74. The van der Waals surface area contributed by atoms with Crippen molar-refractivity contribution in [2.75, 3.05) is 13.6 Å². The molecule has 0 bridgehead atoms. The van der Waals surface area contributed by atoms with Crippen LogP contribution >= 0.6 is 0 Å². The van der Waals surface area contributed by atoms with Crippen LogP contribution < -0.4 is 11.1 Å². The van der Waals surface area contributed by atoms with E-state index in [-0.39, 0.29) is 18.0 Å². The molecule has 0 saturated carbocycles. The Bertz CT molecular complexity index is 739. The Morgan fingerprint density at radius 1 is 1.46 bits per heavy atom. The number of rotatable bonds is 4. The van der Waals surface area contributed by atoms with E-state index in [2.05, 4.69) is 52.5 Å². The second kappa shape index (κ2) is 6.75. The van der Waals surface area contributed by atoms with E-state index >= 15 is 0 Å². The van der Waals surface area contributed by atoms with Gasteiger partial charge < -0.3 is 11.1 Å². The molecule has 1 saturated heterocycles. The monoisotopic (exact) mass is 327 g/mol. The quantitative estimate of drug-likeness (QED) is 0.791. The van der Waals surface area contributed by atoms with E-state index in [9.17, 15) is 4.79 Å². The maximum atomic E-state index is 12.1. The van der Waals surface area contributed by atoms with Crippen LogP contribution in [0, 0.1) is 13.8 Å². The van der Waals surface area contributed by atoms with Gasteiger partial charge in [-0.15, -0.1) is 0 Å². The second-order valence-corrected chi connectivity index (χ2v) is 6.64. The largest absolute Gasteiger partial charge is 0.358 e. The smallest absolute Gasteiger partial charge is 0.237 e. The van der Waals surface area contributed by atoms with Crippen molar-refractivity contribution in [3.63, 3.8) is 0 Å². The Labute approximate surface area is 142 Å². The fourth-order valence-electron chi connectivity index (χ4n) is 3.44. The number of carbonyl (C=O) groups is 1. The number of aryl methyl sites for hydroxylation is 2. The molecule has 2 atom stereocenters. The van der Waals surface area contributed by atoms with Crippen molar-refractivity contribution in [3.05, 3.63) is 41.1 Å². The maximum absolute atomic E-state index is 12.1. The zero-order valence-electron chi connectivity index (χ0n) is 14.5.